The van der Waals surface area contributed by atoms with Crippen LogP contribution in [0.4, 0.5) is 0 Å². The third kappa shape index (κ3) is 3.26. The number of nitrogens with two attached hydrogens (primary N) is 1. The van der Waals surface area contributed by atoms with Gasteiger partial charge in [-0.2, -0.15) is 0 Å². The van der Waals surface area contributed by atoms with Gasteiger partial charge in [0.25, 0.3) is 0 Å². The van der Waals surface area contributed by atoms with E-state index in [1.54, 1.807) is 0 Å². The van der Waals surface area contributed by atoms with E-state index < -0.39 is 0 Å². The van der Waals surface area contributed by atoms with Crippen LogP contribution >= 0.6 is 15.9 Å². The Hall–Kier alpha value is -0.450. The van der Waals surface area contributed by atoms with Crippen LogP contribution in [-0.4, -0.2) is 29.0 Å². The lowest BCUT2D eigenvalue weighted by atomic mass is 10.2. The van der Waals surface area contributed by atoms with Gasteiger partial charge in [0.15, 0.2) is 0 Å². The molecule has 0 spiro atoms. The average Bonchev–Trinajstić information content (AvgIpc) is 3.04. The van der Waals surface area contributed by atoms with Crippen LogP contribution in [0.15, 0.2) is 22.9 Å². The van der Waals surface area contributed by atoms with Gasteiger partial charge in [-0.3, -0.25) is 4.90 Å². The Kier molecular flexibility index (Phi) is 3.72. The maximum Gasteiger partial charge on any atom is 0.106 e. The second kappa shape index (κ2) is 5.05. The lowest BCUT2D eigenvalue weighted by Gasteiger charge is -2.20. The molecule has 0 amide bonds. The third-order valence-corrected chi connectivity index (χ3v) is 3.12. The molecule has 0 unspecified atom stereocenters. The maximum atomic E-state index is 5.61. The van der Waals surface area contributed by atoms with E-state index in [1.165, 1.54) is 18.4 Å². The largest absolute Gasteiger partial charge is 0.329 e. The van der Waals surface area contributed by atoms with Crippen LogP contribution in [0.2, 0.25) is 0 Å². The van der Waals surface area contributed by atoms with E-state index in [4.69, 9.17) is 5.73 Å². The van der Waals surface area contributed by atoms with Crippen LogP contribution in [0.25, 0.3) is 0 Å². The molecule has 0 bridgehead atoms. The molecule has 1 aliphatic carbocycles. The summed E-state index contributed by atoms with van der Waals surface area (Å²) in [6.07, 6.45) is 4.57. The van der Waals surface area contributed by atoms with Crippen molar-refractivity contribution in [3.05, 3.63) is 28.5 Å². The van der Waals surface area contributed by atoms with Gasteiger partial charge in [0.1, 0.15) is 4.60 Å². The van der Waals surface area contributed by atoms with Gasteiger partial charge in [0, 0.05) is 31.9 Å². The van der Waals surface area contributed by atoms with Crippen molar-refractivity contribution < 1.29 is 0 Å². The van der Waals surface area contributed by atoms with E-state index in [2.05, 4.69) is 31.9 Å². The Morgan fingerprint density at radius 3 is 2.80 bits per heavy atom. The van der Waals surface area contributed by atoms with Crippen molar-refractivity contribution in [1.82, 2.24) is 9.88 Å². The van der Waals surface area contributed by atoms with Crippen LogP contribution in [0.5, 0.6) is 0 Å². The van der Waals surface area contributed by atoms with Crippen molar-refractivity contribution in [2.24, 2.45) is 5.73 Å². The van der Waals surface area contributed by atoms with E-state index in [0.29, 0.717) is 0 Å². The number of rotatable bonds is 5. The first-order valence-corrected chi connectivity index (χ1v) is 6.13. The molecule has 0 radical (unpaired) electrons. The molecule has 1 aliphatic rings. The minimum absolute atomic E-state index is 0.737. The summed E-state index contributed by atoms with van der Waals surface area (Å²) in [5.41, 5.74) is 6.87. The van der Waals surface area contributed by atoms with Crippen molar-refractivity contribution in [1.29, 1.82) is 0 Å². The normalized spacial score (nSPS) is 15.9. The molecule has 0 atom stereocenters. The van der Waals surface area contributed by atoms with Crippen LogP contribution in [0.3, 0.4) is 0 Å². The van der Waals surface area contributed by atoms with Gasteiger partial charge >= 0.3 is 0 Å². The summed E-state index contributed by atoms with van der Waals surface area (Å²) in [6.45, 7) is 2.70. The van der Waals surface area contributed by atoms with Crippen molar-refractivity contribution in [2.75, 3.05) is 13.1 Å². The zero-order chi connectivity index (χ0) is 10.7. The Morgan fingerprint density at radius 2 is 2.27 bits per heavy atom. The van der Waals surface area contributed by atoms with Crippen molar-refractivity contribution in [3.8, 4) is 0 Å². The lowest BCUT2D eigenvalue weighted by molar-refractivity contribution is 0.262. The topological polar surface area (TPSA) is 42.1 Å². The predicted octanol–water partition coefficient (Wildman–Crippen LogP) is 1.77. The van der Waals surface area contributed by atoms with Crippen LogP contribution in [0, 0.1) is 0 Å². The first-order chi connectivity index (χ1) is 7.29. The second-order valence-corrected chi connectivity index (χ2v) is 4.79. The highest BCUT2D eigenvalue weighted by atomic mass is 79.9. The molecule has 2 N–H and O–H groups in total. The molecule has 15 heavy (non-hydrogen) atoms. The first-order valence-electron chi connectivity index (χ1n) is 5.34. The SMILES string of the molecule is NCCN(Cc1ccc(Br)nc1)C1CC1. The highest BCUT2D eigenvalue weighted by Crippen LogP contribution is 2.27. The fraction of sp³-hybridized carbons (Fsp3) is 0.545. The monoisotopic (exact) mass is 269 g/mol. The molecule has 0 saturated heterocycles. The van der Waals surface area contributed by atoms with Crippen LogP contribution in [0.1, 0.15) is 18.4 Å². The number of pyridine rings is 1. The van der Waals surface area contributed by atoms with Crippen LogP contribution < -0.4 is 5.73 Å². The molecule has 1 aromatic rings. The molecular weight excluding hydrogens is 254 g/mol. The number of hydrogen-bond donors (Lipinski definition) is 1. The molecule has 1 fully saturated rings. The zero-order valence-electron chi connectivity index (χ0n) is 8.69. The molecule has 3 nitrogen and oxygen atoms in total. The van der Waals surface area contributed by atoms with E-state index in [1.807, 2.05) is 12.3 Å². The summed E-state index contributed by atoms with van der Waals surface area (Å²) < 4.78 is 0.892. The summed E-state index contributed by atoms with van der Waals surface area (Å²) in [6, 6.07) is 4.86. The molecule has 1 saturated carbocycles. The fourth-order valence-corrected chi connectivity index (χ4v) is 1.97. The standard InChI is InChI=1S/C11H16BrN3/c12-11-4-1-9(7-14-11)8-15(6-5-13)10-2-3-10/h1,4,7,10H,2-3,5-6,8,13H2. The van der Waals surface area contributed by atoms with Gasteiger partial charge in [0.2, 0.25) is 0 Å². The van der Waals surface area contributed by atoms with Gasteiger partial charge in [0.05, 0.1) is 0 Å². The molecule has 2 rings (SSSR count). The molecule has 1 heterocycles. The minimum atomic E-state index is 0.737. The summed E-state index contributed by atoms with van der Waals surface area (Å²) >= 11 is 3.34. The average molecular weight is 270 g/mol. The Morgan fingerprint density at radius 1 is 1.47 bits per heavy atom. The highest BCUT2D eigenvalue weighted by Gasteiger charge is 2.28. The first kappa shape index (κ1) is 11.0. The Balaban J connectivity index is 1.95. The molecule has 1 aromatic heterocycles. The molecule has 4 heteroatoms. The van der Waals surface area contributed by atoms with Crippen molar-refractivity contribution in [3.63, 3.8) is 0 Å². The van der Waals surface area contributed by atoms with Crippen molar-refractivity contribution >= 4 is 15.9 Å². The van der Waals surface area contributed by atoms with Gasteiger partial charge < -0.3 is 5.73 Å². The van der Waals surface area contributed by atoms with E-state index >= 15 is 0 Å². The Bertz CT molecular complexity index is 308. The minimum Gasteiger partial charge on any atom is -0.329 e. The van der Waals surface area contributed by atoms with Gasteiger partial charge in [-0.15, -0.1) is 0 Å². The molecule has 82 valence electrons. The maximum absolute atomic E-state index is 5.61. The van der Waals surface area contributed by atoms with E-state index in [0.717, 1.165) is 30.3 Å². The lowest BCUT2D eigenvalue weighted by Crippen LogP contribution is -2.31. The van der Waals surface area contributed by atoms with Crippen LogP contribution in [-0.2, 0) is 6.54 Å². The zero-order valence-corrected chi connectivity index (χ0v) is 10.3. The number of hydrogen-bond acceptors (Lipinski definition) is 3. The summed E-state index contributed by atoms with van der Waals surface area (Å²) in [7, 11) is 0. The third-order valence-electron chi connectivity index (χ3n) is 2.65. The molecular formula is C11H16BrN3. The second-order valence-electron chi connectivity index (χ2n) is 3.98. The van der Waals surface area contributed by atoms with Crippen molar-refractivity contribution in [2.45, 2.75) is 25.4 Å². The van der Waals surface area contributed by atoms with Gasteiger partial charge in [-0.25, -0.2) is 4.98 Å². The quantitative estimate of drug-likeness (QED) is 0.829. The van der Waals surface area contributed by atoms with E-state index in [-0.39, 0.29) is 0 Å². The smallest absolute Gasteiger partial charge is 0.106 e. The summed E-state index contributed by atoms with van der Waals surface area (Å²) in [4.78, 5) is 6.68. The van der Waals surface area contributed by atoms with Gasteiger partial charge in [-0.05, 0) is 40.4 Å². The van der Waals surface area contributed by atoms with E-state index in [9.17, 15) is 0 Å². The molecule has 0 aromatic carbocycles. The highest BCUT2D eigenvalue weighted by molar-refractivity contribution is 9.10. The van der Waals surface area contributed by atoms with Gasteiger partial charge in [-0.1, -0.05) is 6.07 Å². The molecule has 0 aliphatic heterocycles. The number of halogens is 1. The summed E-state index contributed by atoms with van der Waals surface area (Å²) in [5.74, 6) is 0. The number of aromatic nitrogens is 1. The fourth-order valence-electron chi connectivity index (χ4n) is 1.73. The predicted molar refractivity (Wildman–Crippen MR) is 64.4 cm³/mol. The Labute approximate surface area is 98.8 Å². The summed E-state index contributed by atoms with van der Waals surface area (Å²) in [5, 5.41) is 0. The number of nitrogens with zero attached hydrogens (tertiary/aromatic N) is 2.